The van der Waals surface area contributed by atoms with E-state index < -0.39 is 5.97 Å². The van der Waals surface area contributed by atoms with Crippen molar-refractivity contribution in [2.24, 2.45) is 5.92 Å². The van der Waals surface area contributed by atoms with Crippen LogP contribution in [-0.2, 0) is 9.53 Å². The van der Waals surface area contributed by atoms with Gasteiger partial charge in [0.05, 0.1) is 16.3 Å². The molecule has 1 atom stereocenters. The van der Waals surface area contributed by atoms with E-state index in [0.717, 1.165) is 0 Å². The second-order valence-corrected chi connectivity index (χ2v) is 5.32. The van der Waals surface area contributed by atoms with Crippen molar-refractivity contribution in [3.8, 4) is 0 Å². The van der Waals surface area contributed by atoms with E-state index in [2.05, 4.69) is 5.32 Å². The number of nitrogens with one attached hydrogen (secondary N) is 1. The van der Waals surface area contributed by atoms with Crippen LogP contribution in [0.15, 0.2) is 18.2 Å². The van der Waals surface area contributed by atoms with Crippen LogP contribution in [0, 0.1) is 5.92 Å². The first-order valence-corrected chi connectivity index (χ1v) is 6.70. The van der Waals surface area contributed by atoms with Gasteiger partial charge in [-0.1, -0.05) is 25.4 Å². The Hall–Kier alpha value is -1.75. The maximum atomic E-state index is 11.7. The number of hydrogen-bond acceptors (Lipinski definition) is 4. The van der Waals surface area contributed by atoms with Gasteiger partial charge in [-0.3, -0.25) is 4.79 Å². The highest BCUT2D eigenvalue weighted by atomic mass is 35.5. The molecule has 0 saturated heterocycles. The van der Waals surface area contributed by atoms with Gasteiger partial charge in [-0.05, 0) is 31.0 Å². The van der Waals surface area contributed by atoms with Crippen LogP contribution in [0.1, 0.15) is 31.1 Å². The first-order chi connectivity index (χ1) is 9.31. The van der Waals surface area contributed by atoms with E-state index in [0.29, 0.717) is 16.6 Å². The molecule has 0 bridgehead atoms. The van der Waals surface area contributed by atoms with Crippen LogP contribution < -0.4 is 11.1 Å². The van der Waals surface area contributed by atoms with Gasteiger partial charge in [0.25, 0.3) is 5.91 Å². The zero-order valence-corrected chi connectivity index (χ0v) is 12.5. The summed E-state index contributed by atoms with van der Waals surface area (Å²) in [5.74, 6) is -0.632. The molecule has 110 valence electrons. The molecule has 6 heteroatoms. The summed E-state index contributed by atoms with van der Waals surface area (Å²) in [5.41, 5.74) is 6.15. The van der Waals surface area contributed by atoms with Crippen LogP contribution in [0.3, 0.4) is 0 Å². The topological polar surface area (TPSA) is 81.4 Å². The predicted molar refractivity (Wildman–Crippen MR) is 78.6 cm³/mol. The second kappa shape index (κ2) is 7.14. The van der Waals surface area contributed by atoms with Crippen molar-refractivity contribution in [3.05, 3.63) is 28.8 Å². The molecule has 20 heavy (non-hydrogen) atoms. The summed E-state index contributed by atoms with van der Waals surface area (Å²) < 4.78 is 4.92. The minimum Gasteiger partial charge on any atom is -0.452 e. The van der Waals surface area contributed by atoms with Crippen LogP contribution >= 0.6 is 11.6 Å². The van der Waals surface area contributed by atoms with Gasteiger partial charge in [-0.25, -0.2) is 4.79 Å². The first kappa shape index (κ1) is 16.3. The quantitative estimate of drug-likeness (QED) is 0.645. The number of carbonyl (C=O) groups is 2. The van der Waals surface area contributed by atoms with Gasteiger partial charge in [0.1, 0.15) is 0 Å². The molecule has 1 rings (SSSR count). The van der Waals surface area contributed by atoms with E-state index in [4.69, 9.17) is 22.1 Å². The molecule has 5 nitrogen and oxygen atoms in total. The lowest BCUT2D eigenvalue weighted by molar-refractivity contribution is -0.125. The lowest BCUT2D eigenvalue weighted by atomic mass is 10.1. The number of benzene rings is 1. The van der Waals surface area contributed by atoms with Crippen molar-refractivity contribution in [2.45, 2.75) is 26.8 Å². The molecule has 1 amide bonds. The number of halogens is 1. The molecule has 0 aliphatic heterocycles. The van der Waals surface area contributed by atoms with Crippen molar-refractivity contribution >= 4 is 29.2 Å². The molecule has 1 aromatic rings. The van der Waals surface area contributed by atoms with Crippen molar-refractivity contribution in [1.29, 1.82) is 0 Å². The fourth-order valence-electron chi connectivity index (χ4n) is 1.35. The maximum absolute atomic E-state index is 11.7. The fraction of sp³-hybridized carbons (Fsp3) is 0.429. The number of ether oxygens (including phenoxy) is 1. The highest BCUT2D eigenvalue weighted by Crippen LogP contribution is 2.19. The monoisotopic (exact) mass is 298 g/mol. The van der Waals surface area contributed by atoms with E-state index in [1.54, 1.807) is 0 Å². The fourth-order valence-corrected chi connectivity index (χ4v) is 1.46. The lowest BCUT2D eigenvalue weighted by Crippen LogP contribution is -2.38. The molecule has 0 heterocycles. The lowest BCUT2D eigenvalue weighted by Gasteiger charge is -2.17. The van der Waals surface area contributed by atoms with E-state index in [1.165, 1.54) is 18.2 Å². The summed E-state index contributed by atoms with van der Waals surface area (Å²) in [4.78, 5) is 23.3. The molecule has 1 aromatic carbocycles. The Morgan fingerprint density at radius 1 is 1.35 bits per heavy atom. The van der Waals surface area contributed by atoms with E-state index in [9.17, 15) is 9.59 Å². The smallest absolute Gasteiger partial charge is 0.338 e. The molecule has 0 aliphatic carbocycles. The van der Waals surface area contributed by atoms with Gasteiger partial charge >= 0.3 is 5.97 Å². The summed E-state index contributed by atoms with van der Waals surface area (Å²) in [6.07, 6.45) is 0. The molecule has 0 radical (unpaired) electrons. The van der Waals surface area contributed by atoms with Crippen LogP contribution in [0.5, 0.6) is 0 Å². The Labute approximate surface area is 123 Å². The third-order valence-electron chi connectivity index (χ3n) is 2.95. The van der Waals surface area contributed by atoms with Crippen LogP contribution in [0.2, 0.25) is 5.02 Å². The minimum absolute atomic E-state index is 0.0207. The highest BCUT2D eigenvalue weighted by molar-refractivity contribution is 6.33. The predicted octanol–water partition coefficient (Wildman–Crippen LogP) is 2.24. The number of nitrogens with two attached hydrogens (primary N) is 1. The Bertz CT molecular complexity index is 503. The van der Waals surface area contributed by atoms with Gasteiger partial charge < -0.3 is 15.8 Å². The van der Waals surface area contributed by atoms with E-state index >= 15 is 0 Å². The number of esters is 1. The van der Waals surface area contributed by atoms with Gasteiger partial charge in [-0.15, -0.1) is 0 Å². The molecule has 0 saturated carbocycles. The minimum atomic E-state index is -0.610. The molecule has 1 unspecified atom stereocenters. The number of rotatable bonds is 5. The van der Waals surface area contributed by atoms with Gasteiger partial charge in [0.2, 0.25) is 0 Å². The SMILES string of the molecule is CC(C)C(C)NC(=O)COC(=O)c1ccc(Cl)c(N)c1. The van der Waals surface area contributed by atoms with Gasteiger partial charge in [-0.2, -0.15) is 0 Å². The van der Waals surface area contributed by atoms with Crippen molar-refractivity contribution in [1.82, 2.24) is 5.32 Å². The third kappa shape index (κ3) is 4.74. The Morgan fingerprint density at radius 3 is 2.55 bits per heavy atom. The molecule has 0 aromatic heterocycles. The zero-order valence-electron chi connectivity index (χ0n) is 11.8. The number of carbonyl (C=O) groups excluding carboxylic acids is 2. The van der Waals surface area contributed by atoms with Crippen molar-refractivity contribution in [2.75, 3.05) is 12.3 Å². The molecular weight excluding hydrogens is 280 g/mol. The Morgan fingerprint density at radius 2 is 2.00 bits per heavy atom. The van der Waals surface area contributed by atoms with E-state index in [-0.39, 0.29) is 24.1 Å². The third-order valence-corrected chi connectivity index (χ3v) is 3.30. The normalized spacial score (nSPS) is 12.1. The van der Waals surface area contributed by atoms with Crippen LogP contribution in [-0.4, -0.2) is 24.5 Å². The summed E-state index contributed by atoms with van der Waals surface area (Å²) >= 11 is 5.76. The number of hydrogen-bond donors (Lipinski definition) is 2. The van der Waals surface area contributed by atoms with Gasteiger partial charge in [0.15, 0.2) is 6.61 Å². The average Bonchev–Trinajstić information content (AvgIpc) is 2.39. The molecule has 0 spiro atoms. The molecule has 0 fully saturated rings. The van der Waals surface area contributed by atoms with E-state index in [1.807, 2.05) is 20.8 Å². The Kier molecular flexibility index (Phi) is 5.82. The molecular formula is C14H19ClN2O3. The second-order valence-electron chi connectivity index (χ2n) is 4.91. The number of anilines is 1. The zero-order chi connectivity index (χ0) is 15.3. The summed E-state index contributed by atoms with van der Waals surface area (Å²) in [7, 11) is 0. The summed E-state index contributed by atoms with van der Waals surface area (Å²) in [5, 5.41) is 3.11. The number of nitrogen functional groups attached to an aromatic ring is 1. The van der Waals surface area contributed by atoms with Crippen molar-refractivity contribution < 1.29 is 14.3 Å². The van der Waals surface area contributed by atoms with Gasteiger partial charge in [0, 0.05) is 6.04 Å². The molecule has 0 aliphatic rings. The Balaban J connectivity index is 2.51. The van der Waals surface area contributed by atoms with Crippen LogP contribution in [0.4, 0.5) is 5.69 Å². The first-order valence-electron chi connectivity index (χ1n) is 6.32. The highest BCUT2D eigenvalue weighted by Gasteiger charge is 2.14. The summed E-state index contributed by atoms with van der Waals surface area (Å²) in [6.45, 7) is 5.56. The average molecular weight is 299 g/mol. The van der Waals surface area contributed by atoms with Crippen molar-refractivity contribution in [3.63, 3.8) is 0 Å². The molecule has 3 N–H and O–H groups in total. The number of amides is 1. The largest absolute Gasteiger partial charge is 0.452 e. The van der Waals surface area contributed by atoms with Crippen LogP contribution in [0.25, 0.3) is 0 Å². The standard InChI is InChI=1S/C14H19ClN2O3/c1-8(2)9(3)17-13(18)7-20-14(19)10-4-5-11(15)12(16)6-10/h4-6,8-9H,7,16H2,1-3H3,(H,17,18). The summed E-state index contributed by atoms with van der Waals surface area (Å²) in [6, 6.07) is 4.44. The maximum Gasteiger partial charge on any atom is 0.338 e.